The lowest BCUT2D eigenvalue weighted by Crippen LogP contribution is -2.65. The number of amides is 1. The third-order valence-corrected chi connectivity index (χ3v) is 9.73. The van der Waals surface area contributed by atoms with Gasteiger partial charge in [-0.25, -0.2) is 0 Å². The standard InChI is InChI=1S/C31H42N4O7/c1-34(2)20-12-17(14-33-13-15-8-6-5-7-9-15)25(36)22-18(20)10-16-11-19-24(35(3)4)27(38)23(30(32)41)29(40)31(19,42)28(39)21(16)26(22)37/h12,15-16,19,24,33,36-37,40,42H,5-11,13-14H2,1-4H3,(H2,32,41). The molecule has 42 heavy (non-hydrogen) atoms. The first-order valence-electron chi connectivity index (χ1n) is 14.7. The van der Waals surface area contributed by atoms with Crippen molar-refractivity contribution in [3.05, 3.63) is 39.7 Å². The van der Waals surface area contributed by atoms with E-state index in [1.54, 1.807) is 14.1 Å². The predicted octanol–water partition coefficient (Wildman–Crippen LogP) is 1.70. The van der Waals surface area contributed by atoms with Gasteiger partial charge in [-0.05, 0) is 69.8 Å². The fourth-order valence-corrected chi connectivity index (χ4v) is 7.68. The molecule has 0 aliphatic heterocycles. The van der Waals surface area contributed by atoms with Crippen molar-refractivity contribution >= 4 is 28.9 Å². The number of carbonyl (C=O) groups excluding carboxylic acids is 3. The summed E-state index contributed by atoms with van der Waals surface area (Å²) in [6, 6.07) is 0.781. The van der Waals surface area contributed by atoms with Crippen LogP contribution in [0.1, 0.15) is 55.2 Å². The molecule has 7 N–H and O–H groups in total. The third-order valence-electron chi connectivity index (χ3n) is 9.73. The van der Waals surface area contributed by atoms with Crippen molar-refractivity contribution in [2.24, 2.45) is 23.5 Å². The number of Topliss-reactive ketones (excluding diaryl/α,β-unsaturated/α-hetero) is 2. The number of nitrogens with zero attached hydrogens (tertiary/aromatic N) is 2. The van der Waals surface area contributed by atoms with Gasteiger partial charge in [0, 0.05) is 43.4 Å². The molecule has 0 spiro atoms. The molecule has 0 radical (unpaired) electrons. The van der Waals surface area contributed by atoms with Crippen LogP contribution in [0.15, 0.2) is 23.0 Å². The van der Waals surface area contributed by atoms with E-state index in [1.165, 1.54) is 37.0 Å². The van der Waals surface area contributed by atoms with Gasteiger partial charge in [-0.1, -0.05) is 19.3 Å². The number of nitrogens with two attached hydrogens (primary N) is 1. The molecule has 0 aromatic heterocycles. The molecular weight excluding hydrogens is 540 g/mol. The lowest BCUT2D eigenvalue weighted by Gasteiger charge is -2.50. The number of phenolic OH excluding ortho intramolecular Hbond substituents is 1. The molecule has 1 amide bonds. The van der Waals surface area contributed by atoms with Crippen LogP contribution < -0.4 is 16.0 Å². The second kappa shape index (κ2) is 11.0. The van der Waals surface area contributed by atoms with Crippen LogP contribution in [0.3, 0.4) is 0 Å². The van der Waals surface area contributed by atoms with E-state index in [9.17, 15) is 34.8 Å². The Balaban J connectivity index is 1.60. The van der Waals surface area contributed by atoms with Gasteiger partial charge in [0.05, 0.1) is 11.6 Å². The molecular formula is C31H42N4O7. The molecule has 1 aromatic carbocycles. The summed E-state index contributed by atoms with van der Waals surface area (Å²) < 4.78 is 0. The molecule has 5 rings (SSSR count). The third kappa shape index (κ3) is 4.58. The van der Waals surface area contributed by atoms with E-state index < -0.39 is 58.0 Å². The van der Waals surface area contributed by atoms with Gasteiger partial charge >= 0.3 is 0 Å². The van der Waals surface area contributed by atoms with Crippen LogP contribution in [0.25, 0.3) is 5.76 Å². The zero-order valence-electron chi connectivity index (χ0n) is 24.7. The van der Waals surface area contributed by atoms with E-state index in [4.69, 9.17) is 5.73 Å². The first kappa shape index (κ1) is 30.1. The molecule has 0 heterocycles. The maximum atomic E-state index is 14.1. The number of anilines is 1. The number of ketones is 2. The van der Waals surface area contributed by atoms with Gasteiger partial charge in [-0.15, -0.1) is 0 Å². The highest BCUT2D eigenvalue weighted by molar-refractivity contribution is 6.24. The van der Waals surface area contributed by atoms with Gasteiger partial charge in [-0.2, -0.15) is 0 Å². The van der Waals surface area contributed by atoms with Crippen molar-refractivity contribution in [2.75, 3.05) is 39.6 Å². The number of likely N-dealkylation sites (N-methyl/N-ethyl adjacent to an activating group) is 1. The van der Waals surface area contributed by atoms with Gasteiger partial charge in [0.2, 0.25) is 5.78 Å². The molecule has 0 bridgehead atoms. The van der Waals surface area contributed by atoms with E-state index in [0.717, 1.165) is 12.2 Å². The normalized spacial score (nSPS) is 28.1. The number of carbonyl (C=O) groups is 3. The minimum absolute atomic E-state index is 0.0596. The minimum Gasteiger partial charge on any atom is -0.508 e. The summed E-state index contributed by atoms with van der Waals surface area (Å²) in [7, 11) is 6.89. The number of primary amides is 1. The van der Waals surface area contributed by atoms with Crippen LogP contribution in [0, 0.1) is 17.8 Å². The molecule has 4 aliphatic carbocycles. The number of hydrogen-bond acceptors (Lipinski definition) is 10. The van der Waals surface area contributed by atoms with Crippen molar-refractivity contribution < 1.29 is 34.8 Å². The van der Waals surface area contributed by atoms with Crippen molar-refractivity contribution in [2.45, 2.75) is 63.1 Å². The summed E-state index contributed by atoms with van der Waals surface area (Å²) in [5.41, 5.74) is 3.90. The summed E-state index contributed by atoms with van der Waals surface area (Å²) in [4.78, 5) is 42.9. The number of fused-ring (bicyclic) bond motifs is 3. The van der Waals surface area contributed by atoms with E-state index in [0.29, 0.717) is 23.6 Å². The minimum atomic E-state index is -2.65. The Labute approximate surface area is 245 Å². The fourth-order valence-electron chi connectivity index (χ4n) is 7.68. The number of hydrogen-bond donors (Lipinski definition) is 6. The van der Waals surface area contributed by atoms with E-state index >= 15 is 0 Å². The maximum Gasteiger partial charge on any atom is 0.255 e. The molecule has 11 heteroatoms. The highest BCUT2D eigenvalue weighted by atomic mass is 16.3. The van der Waals surface area contributed by atoms with Gasteiger partial charge in [0.15, 0.2) is 11.4 Å². The number of phenols is 1. The average molecular weight is 583 g/mol. The highest BCUT2D eigenvalue weighted by Gasteiger charge is 2.64. The zero-order chi connectivity index (χ0) is 30.7. The summed E-state index contributed by atoms with van der Waals surface area (Å²) in [6.07, 6.45) is 6.37. The van der Waals surface area contributed by atoms with Crippen molar-refractivity contribution in [3.8, 4) is 5.75 Å². The summed E-state index contributed by atoms with van der Waals surface area (Å²) in [6.45, 7) is 1.18. The largest absolute Gasteiger partial charge is 0.508 e. The van der Waals surface area contributed by atoms with Crippen molar-refractivity contribution in [1.29, 1.82) is 0 Å². The quantitative estimate of drug-likeness (QED) is 0.259. The average Bonchev–Trinajstić information content (AvgIpc) is 2.92. The highest BCUT2D eigenvalue weighted by Crippen LogP contribution is 2.54. The molecule has 228 valence electrons. The molecule has 11 nitrogen and oxygen atoms in total. The van der Waals surface area contributed by atoms with Crippen LogP contribution in [0.4, 0.5) is 5.69 Å². The Morgan fingerprint density at radius 2 is 1.76 bits per heavy atom. The maximum absolute atomic E-state index is 14.1. The number of aliphatic hydroxyl groups is 3. The Morgan fingerprint density at radius 3 is 2.36 bits per heavy atom. The van der Waals surface area contributed by atoms with Crippen LogP contribution in [-0.2, 0) is 27.3 Å². The molecule has 2 saturated carbocycles. The molecule has 2 fully saturated rings. The smallest absolute Gasteiger partial charge is 0.255 e. The molecule has 4 aliphatic rings. The topological polar surface area (TPSA) is 177 Å². The SMILES string of the molecule is CN(C)c1cc(CNCC2CCCCC2)c(O)c2c1CC1CC3C(N(C)C)C(=O)C(C(N)=O)=C(O)C3(O)C(=O)C1=C2O. The van der Waals surface area contributed by atoms with Gasteiger partial charge < -0.3 is 36.4 Å². The second-order valence-electron chi connectivity index (χ2n) is 12.7. The van der Waals surface area contributed by atoms with E-state index in [2.05, 4.69) is 5.32 Å². The zero-order valence-corrected chi connectivity index (χ0v) is 24.7. The van der Waals surface area contributed by atoms with Crippen LogP contribution in [0.5, 0.6) is 5.75 Å². The van der Waals surface area contributed by atoms with Crippen molar-refractivity contribution in [1.82, 2.24) is 10.2 Å². The molecule has 4 unspecified atom stereocenters. The predicted molar refractivity (Wildman–Crippen MR) is 157 cm³/mol. The van der Waals surface area contributed by atoms with E-state index in [-0.39, 0.29) is 29.7 Å². The van der Waals surface area contributed by atoms with Gasteiger partial charge in [0.1, 0.15) is 22.8 Å². The number of nitrogens with one attached hydrogen (secondary N) is 1. The monoisotopic (exact) mass is 582 g/mol. The Bertz CT molecular complexity index is 1390. The van der Waals surface area contributed by atoms with Gasteiger partial charge in [0.25, 0.3) is 5.91 Å². The van der Waals surface area contributed by atoms with Crippen LogP contribution in [0.2, 0.25) is 0 Å². The lowest BCUT2D eigenvalue weighted by atomic mass is 9.57. The molecule has 1 aromatic rings. The first-order valence-corrected chi connectivity index (χ1v) is 14.7. The fraction of sp³-hybridized carbons (Fsp3) is 0.581. The lowest BCUT2D eigenvalue weighted by molar-refractivity contribution is -0.153. The summed E-state index contributed by atoms with van der Waals surface area (Å²) in [5, 5.41) is 49.4. The Morgan fingerprint density at radius 1 is 1.10 bits per heavy atom. The molecule has 4 atom stereocenters. The number of aliphatic hydroxyl groups excluding tert-OH is 2. The van der Waals surface area contributed by atoms with E-state index in [1.807, 2.05) is 25.1 Å². The summed E-state index contributed by atoms with van der Waals surface area (Å²) in [5.74, 6) is -5.87. The second-order valence-corrected chi connectivity index (χ2v) is 12.7. The number of rotatable bonds is 7. The Hall–Kier alpha value is -3.41. The van der Waals surface area contributed by atoms with Crippen LogP contribution in [-0.4, -0.2) is 89.2 Å². The summed E-state index contributed by atoms with van der Waals surface area (Å²) >= 11 is 0. The first-order chi connectivity index (χ1) is 19.8. The number of benzene rings is 1. The molecule has 0 saturated heterocycles. The number of aromatic hydroxyl groups is 1. The van der Waals surface area contributed by atoms with Crippen LogP contribution >= 0.6 is 0 Å². The van der Waals surface area contributed by atoms with Crippen molar-refractivity contribution in [3.63, 3.8) is 0 Å². The Kier molecular flexibility index (Phi) is 7.88. The van der Waals surface area contributed by atoms with Gasteiger partial charge in [-0.3, -0.25) is 19.3 Å².